The molecule has 0 spiro atoms. The fraction of sp³-hybridized carbons (Fsp3) is 0.259. The second kappa shape index (κ2) is 7.82. The van der Waals surface area contributed by atoms with Crippen LogP contribution in [0.15, 0.2) is 71.6 Å². The summed E-state index contributed by atoms with van der Waals surface area (Å²) in [6.07, 6.45) is 1.55. The third-order valence-electron chi connectivity index (χ3n) is 7.05. The smallest absolute Gasteiger partial charge is 0.251 e. The molecule has 5 heteroatoms. The van der Waals surface area contributed by atoms with Crippen LogP contribution in [0, 0.1) is 5.92 Å². The Bertz CT molecular complexity index is 1190. The maximum Gasteiger partial charge on any atom is 0.251 e. The lowest BCUT2D eigenvalue weighted by molar-refractivity contribution is -0.115. The van der Waals surface area contributed by atoms with E-state index in [0.29, 0.717) is 36.3 Å². The number of carbonyl (C=O) groups is 2. The van der Waals surface area contributed by atoms with Gasteiger partial charge in [-0.3, -0.25) is 9.59 Å². The average Bonchev–Trinajstić information content (AvgIpc) is 3.02. The molecule has 2 N–H and O–H groups in total. The number of hydrogen-bond acceptors (Lipinski definition) is 3. The molecule has 3 aromatic carbocycles. The van der Waals surface area contributed by atoms with E-state index >= 15 is 0 Å². The highest BCUT2D eigenvalue weighted by atomic mass is 32.2. The van der Waals surface area contributed by atoms with Crippen LogP contribution in [-0.4, -0.2) is 24.1 Å². The number of amides is 2. The van der Waals surface area contributed by atoms with Gasteiger partial charge in [0.2, 0.25) is 5.91 Å². The van der Waals surface area contributed by atoms with Crippen LogP contribution in [0.1, 0.15) is 57.3 Å². The van der Waals surface area contributed by atoms with Gasteiger partial charge in [0.25, 0.3) is 5.91 Å². The van der Waals surface area contributed by atoms with Crippen LogP contribution in [0.25, 0.3) is 0 Å². The van der Waals surface area contributed by atoms with Crippen molar-refractivity contribution in [3.63, 3.8) is 0 Å². The first-order valence-electron chi connectivity index (χ1n) is 11.2. The topological polar surface area (TPSA) is 58.2 Å². The van der Waals surface area contributed by atoms with E-state index in [-0.39, 0.29) is 11.8 Å². The Morgan fingerprint density at radius 1 is 0.969 bits per heavy atom. The van der Waals surface area contributed by atoms with Crippen molar-refractivity contribution >= 4 is 29.3 Å². The van der Waals surface area contributed by atoms with Gasteiger partial charge in [0.15, 0.2) is 0 Å². The van der Waals surface area contributed by atoms with Gasteiger partial charge in [-0.1, -0.05) is 48.5 Å². The van der Waals surface area contributed by atoms with Crippen molar-refractivity contribution in [2.75, 3.05) is 17.6 Å². The molecule has 1 atom stereocenters. The van der Waals surface area contributed by atoms with Crippen molar-refractivity contribution in [3.8, 4) is 0 Å². The normalized spacial score (nSPS) is 22.8. The van der Waals surface area contributed by atoms with E-state index in [0.717, 1.165) is 22.8 Å². The van der Waals surface area contributed by atoms with E-state index < -0.39 is 0 Å². The summed E-state index contributed by atoms with van der Waals surface area (Å²) in [5.41, 5.74) is 7.03. The van der Waals surface area contributed by atoms with Crippen molar-refractivity contribution in [2.24, 2.45) is 5.92 Å². The number of thioether (sulfide) groups is 1. The van der Waals surface area contributed by atoms with Crippen LogP contribution in [0.4, 0.5) is 5.69 Å². The van der Waals surface area contributed by atoms with Crippen molar-refractivity contribution < 1.29 is 9.59 Å². The Morgan fingerprint density at radius 3 is 2.38 bits per heavy atom. The minimum Gasteiger partial charge on any atom is -0.352 e. The summed E-state index contributed by atoms with van der Waals surface area (Å²) in [5.74, 6) is 1.76. The molecule has 0 aromatic heterocycles. The van der Waals surface area contributed by atoms with Crippen LogP contribution in [0.3, 0.4) is 0 Å². The van der Waals surface area contributed by atoms with E-state index in [1.165, 1.54) is 22.3 Å². The van der Waals surface area contributed by atoms with Crippen molar-refractivity contribution in [1.29, 1.82) is 0 Å². The van der Waals surface area contributed by atoms with Crippen LogP contribution < -0.4 is 10.6 Å². The summed E-state index contributed by atoms with van der Waals surface area (Å²) in [7, 11) is 0. The van der Waals surface area contributed by atoms with Gasteiger partial charge < -0.3 is 10.6 Å². The largest absolute Gasteiger partial charge is 0.352 e. The lowest BCUT2D eigenvalue weighted by Gasteiger charge is -2.45. The fourth-order valence-corrected chi connectivity index (χ4v) is 6.58. The second-order valence-electron chi connectivity index (χ2n) is 8.85. The Balaban J connectivity index is 1.24. The first-order chi connectivity index (χ1) is 15.7. The van der Waals surface area contributed by atoms with Crippen LogP contribution in [0.5, 0.6) is 0 Å². The van der Waals surface area contributed by atoms with Gasteiger partial charge in [0, 0.05) is 41.0 Å². The molecule has 4 nitrogen and oxygen atoms in total. The van der Waals surface area contributed by atoms with Crippen molar-refractivity contribution in [3.05, 3.63) is 94.5 Å². The fourth-order valence-electron chi connectivity index (χ4n) is 5.65. The quantitative estimate of drug-likeness (QED) is 0.592. The van der Waals surface area contributed by atoms with Crippen molar-refractivity contribution in [2.45, 2.75) is 29.6 Å². The molecule has 7 rings (SSSR count). The van der Waals surface area contributed by atoms with Gasteiger partial charge in [-0.15, -0.1) is 11.8 Å². The Labute approximate surface area is 191 Å². The van der Waals surface area contributed by atoms with Gasteiger partial charge in [0.05, 0.1) is 5.69 Å². The molecular weight excluding hydrogens is 416 g/mol. The van der Waals surface area contributed by atoms with Gasteiger partial charge in [-0.05, 0) is 52.8 Å². The molecule has 160 valence electrons. The summed E-state index contributed by atoms with van der Waals surface area (Å²) in [6.45, 7) is 0.640. The first kappa shape index (κ1) is 19.6. The van der Waals surface area contributed by atoms with Crippen LogP contribution in [-0.2, 0) is 4.79 Å². The number of nitrogens with one attached hydrogen (secondary N) is 2. The van der Waals surface area contributed by atoms with E-state index in [9.17, 15) is 9.59 Å². The molecule has 1 heterocycles. The van der Waals surface area contributed by atoms with E-state index in [1.54, 1.807) is 17.8 Å². The Hall–Kier alpha value is -3.05. The SMILES string of the molecule is O=C1CCSc2ccc(C(=O)NCC3CC4c5ccccc5C3c3ccccc34)cc2N1. The van der Waals surface area contributed by atoms with Crippen LogP contribution >= 0.6 is 11.8 Å². The zero-order valence-electron chi connectivity index (χ0n) is 17.6. The molecule has 0 radical (unpaired) electrons. The monoisotopic (exact) mass is 440 g/mol. The molecule has 4 aliphatic rings. The minimum absolute atomic E-state index is 0.00405. The number of carbonyl (C=O) groups excluding carboxylic acids is 2. The highest BCUT2D eigenvalue weighted by Gasteiger charge is 2.42. The molecule has 32 heavy (non-hydrogen) atoms. The summed E-state index contributed by atoms with van der Waals surface area (Å²) in [6, 6.07) is 23.2. The maximum atomic E-state index is 13.0. The Kier molecular flexibility index (Phi) is 4.80. The molecule has 2 amide bonds. The van der Waals surface area contributed by atoms with Gasteiger partial charge in [-0.25, -0.2) is 0 Å². The zero-order chi connectivity index (χ0) is 21.7. The van der Waals surface area contributed by atoms with Gasteiger partial charge in [-0.2, -0.15) is 0 Å². The molecular formula is C27H24N2O2S. The highest BCUT2D eigenvalue weighted by molar-refractivity contribution is 7.99. The predicted molar refractivity (Wildman–Crippen MR) is 127 cm³/mol. The summed E-state index contributed by atoms with van der Waals surface area (Å²) < 4.78 is 0. The minimum atomic E-state index is -0.0840. The summed E-state index contributed by atoms with van der Waals surface area (Å²) >= 11 is 1.65. The number of fused-ring (bicyclic) bond motifs is 2. The van der Waals surface area contributed by atoms with E-state index in [2.05, 4.69) is 59.2 Å². The molecule has 0 saturated carbocycles. The average molecular weight is 441 g/mol. The molecule has 1 aliphatic heterocycles. The van der Waals surface area contributed by atoms with Crippen molar-refractivity contribution in [1.82, 2.24) is 5.32 Å². The number of anilines is 1. The summed E-state index contributed by atoms with van der Waals surface area (Å²) in [5, 5.41) is 6.12. The standard InChI is InChI=1S/C27H24N2O2S/c30-25-11-12-32-24-10-9-16(14-23(24)29-25)27(31)28-15-17-13-22-18-5-1-3-7-20(18)26(17)21-8-4-2-6-19(21)22/h1-10,14,17,22,26H,11-13,15H2,(H,28,31)(H,29,30). The lowest BCUT2D eigenvalue weighted by atomic mass is 9.59. The van der Waals surface area contributed by atoms with E-state index in [4.69, 9.17) is 0 Å². The third-order valence-corrected chi connectivity index (χ3v) is 8.13. The summed E-state index contributed by atoms with van der Waals surface area (Å²) in [4.78, 5) is 25.9. The predicted octanol–water partition coefficient (Wildman–Crippen LogP) is 5.15. The first-order valence-corrected chi connectivity index (χ1v) is 12.2. The molecule has 0 fully saturated rings. The van der Waals surface area contributed by atoms with Gasteiger partial charge >= 0.3 is 0 Å². The van der Waals surface area contributed by atoms with E-state index in [1.807, 2.05) is 12.1 Å². The number of hydrogen-bond donors (Lipinski definition) is 2. The third kappa shape index (κ3) is 3.23. The zero-order valence-corrected chi connectivity index (χ0v) is 18.5. The molecule has 3 aromatic rings. The van der Waals surface area contributed by atoms with Gasteiger partial charge in [0.1, 0.15) is 0 Å². The second-order valence-corrected chi connectivity index (χ2v) is 9.99. The molecule has 3 aliphatic carbocycles. The number of rotatable bonds is 3. The molecule has 2 bridgehead atoms. The highest BCUT2D eigenvalue weighted by Crippen LogP contribution is 2.55. The van der Waals surface area contributed by atoms with Crippen LogP contribution in [0.2, 0.25) is 0 Å². The molecule has 1 unspecified atom stereocenters. The Morgan fingerprint density at radius 2 is 1.66 bits per heavy atom. The maximum absolute atomic E-state index is 13.0. The molecule has 0 saturated heterocycles. The number of benzene rings is 3. The lowest BCUT2D eigenvalue weighted by Crippen LogP contribution is -2.39.